The molecule has 0 fully saturated rings. The first-order chi connectivity index (χ1) is 7.79. The van der Waals surface area contributed by atoms with Gasteiger partial charge in [0.15, 0.2) is 0 Å². The minimum absolute atomic E-state index is 0.199. The van der Waals surface area contributed by atoms with Crippen LogP contribution in [0.5, 0.6) is 0 Å². The zero-order valence-corrected chi connectivity index (χ0v) is 9.20. The molecule has 0 unspecified atom stereocenters. The summed E-state index contributed by atoms with van der Waals surface area (Å²) < 4.78 is 12.8. The quantitative estimate of drug-likeness (QED) is 0.829. The molecule has 0 heterocycles. The lowest BCUT2D eigenvalue weighted by molar-refractivity contribution is 0.628. The van der Waals surface area contributed by atoms with Crippen molar-refractivity contribution in [1.29, 1.82) is 0 Å². The fourth-order valence-corrected chi connectivity index (χ4v) is 1.71. The van der Waals surface area contributed by atoms with E-state index < -0.39 is 0 Å². The first-order valence-corrected chi connectivity index (χ1v) is 5.29. The van der Waals surface area contributed by atoms with E-state index in [4.69, 9.17) is 0 Å². The summed E-state index contributed by atoms with van der Waals surface area (Å²) in [5.41, 5.74) is 3.39. The van der Waals surface area contributed by atoms with Crippen molar-refractivity contribution >= 4 is 0 Å². The van der Waals surface area contributed by atoms with Gasteiger partial charge in [0.05, 0.1) is 0 Å². The van der Waals surface area contributed by atoms with Gasteiger partial charge < -0.3 is 5.32 Å². The van der Waals surface area contributed by atoms with Crippen molar-refractivity contribution in [3.8, 4) is 11.1 Å². The molecule has 0 aliphatic carbocycles. The normalized spacial score (nSPS) is 10.4. The minimum Gasteiger partial charge on any atom is -0.316 e. The second kappa shape index (κ2) is 4.90. The van der Waals surface area contributed by atoms with Crippen molar-refractivity contribution in [2.75, 3.05) is 7.05 Å². The molecule has 0 aromatic heterocycles. The second-order valence-corrected chi connectivity index (χ2v) is 3.74. The monoisotopic (exact) mass is 215 g/mol. The smallest absolute Gasteiger partial charge is 0.123 e. The molecule has 0 aliphatic heterocycles. The summed E-state index contributed by atoms with van der Waals surface area (Å²) in [5.74, 6) is -0.199. The van der Waals surface area contributed by atoms with Gasteiger partial charge in [-0.2, -0.15) is 0 Å². The lowest BCUT2D eigenvalue weighted by atomic mass is 10.0. The summed E-state index contributed by atoms with van der Waals surface area (Å²) in [6.45, 7) is 0.842. The molecule has 0 saturated carbocycles. The Hall–Kier alpha value is -1.67. The zero-order valence-electron chi connectivity index (χ0n) is 9.20. The van der Waals surface area contributed by atoms with Gasteiger partial charge in [-0.3, -0.25) is 0 Å². The van der Waals surface area contributed by atoms with Crippen LogP contribution < -0.4 is 5.32 Å². The van der Waals surface area contributed by atoms with E-state index in [0.717, 1.165) is 17.7 Å². The van der Waals surface area contributed by atoms with Gasteiger partial charge in [0.25, 0.3) is 0 Å². The van der Waals surface area contributed by atoms with Crippen molar-refractivity contribution in [3.05, 3.63) is 59.9 Å². The predicted octanol–water partition coefficient (Wildman–Crippen LogP) is 3.21. The number of halogens is 1. The summed E-state index contributed by atoms with van der Waals surface area (Å²) in [4.78, 5) is 0. The molecule has 2 aromatic carbocycles. The molecule has 0 saturated heterocycles. The summed E-state index contributed by atoms with van der Waals surface area (Å²) >= 11 is 0. The highest BCUT2D eigenvalue weighted by Gasteiger charge is 1.99. The SMILES string of the molecule is CNCc1cccc(-c2ccc(F)cc2)c1. The molecular formula is C14H14FN. The van der Waals surface area contributed by atoms with Gasteiger partial charge in [-0.1, -0.05) is 30.3 Å². The molecule has 2 aromatic rings. The number of hydrogen-bond donors (Lipinski definition) is 1. The molecule has 16 heavy (non-hydrogen) atoms. The second-order valence-electron chi connectivity index (χ2n) is 3.74. The van der Waals surface area contributed by atoms with E-state index >= 15 is 0 Å². The Morgan fingerprint density at radius 3 is 2.44 bits per heavy atom. The lowest BCUT2D eigenvalue weighted by Crippen LogP contribution is -2.04. The Bertz CT molecular complexity index is 462. The van der Waals surface area contributed by atoms with Crippen LogP contribution in [0.4, 0.5) is 4.39 Å². The van der Waals surface area contributed by atoms with Crippen LogP contribution in [0, 0.1) is 5.82 Å². The molecule has 0 aliphatic rings. The maximum atomic E-state index is 12.8. The Morgan fingerprint density at radius 2 is 1.75 bits per heavy atom. The molecule has 1 N–H and O–H groups in total. The third kappa shape index (κ3) is 2.47. The van der Waals surface area contributed by atoms with Crippen molar-refractivity contribution in [2.24, 2.45) is 0 Å². The van der Waals surface area contributed by atoms with E-state index in [2.05, 4.69) is 17.4 Å². The molecule has 82 valence electrons. The highest BCUT2D eigenvalue weighted by Crippen LogP contribution is 2.20. The van der Waals surface area contributed by atoms with Crippen LogP contribution in [-0.2, 0) is 6.54 Å². The van der Waals surface area contributed by atoms with Gasteiger partial charge in [-0.25, -0.2) is 4.39 Å². The van der Waals surface area contributed by atoms with Gasteiger partial charge in [0.1, 0.15) is 5.82 Å². The highest BCUT2D eigenvalue weighted by molar-refractivity contribution is 5.63. The van der Waals surface area contributed by atoms with E-state index in [9.17, 15) is 4.39 Å². The number of hydrogen-bond acceptors (Lipinski definition) is 1. The van der Waals surface area contributed by atoms with Crippen molar-refractivity contribution in [3.63, 3.8) is 0 Å². The summed E-state index contributed by atoms with van der Waals surface area (Å²) in [6, 6.07) is 14.8. The average molecular weight is 215 g/mol. The molecule has 1 nitrogen and oxygen atoms in total. The average Bonchev–Trinajstić information content (AvgIpc) is 2.31. The number of nitrogens with one attached hydrogen (secondary N) is 1. The van der Waals surface area contributed by atoms with Crippen LogP contribution in [0.1, 0.15) is 5.56 Å². The Labute approximate surface area is 94.9 Å². The predicted molar refractivity (Wildman–Crippen MR) is 64.6 cm³/mol. The van der Waals surface area contributed by atoms with Crippen LogP contribution in [0.3, 0.4) is 0 Å². The standard InChI is InChI=1S/C14H14FN/c1-16-10-11-3-2-4-13(9-11)12-5-7-14(15)8-6-12/h2-9,16H,10H2,1H3. The van der Waals surface area contributed by atoms with E-state index in [1.807, 2.05) is 19.2 Å². The third-order valence-corrected chi connectivity index (χ3v) is 2.49. The first kappa shape index (κ1) is 10.8. The zero-order chi connectivity index (χ0) is 11.4. The lowest BCUT2D eigenvalue weighted by Gasteiger charge is -2.05. The molecular weight excluding hydrogens is 201 g/mol. The van der Waals surface area contributed by atoms with E-state index in [-0.39, 0.29) is 5.82 Å². The summed E-state index contributed by atoms with van der Waals surface area (Å²) in [7, 11) is 1.92. The van der Waals surface area contributed by atoms with Crippen LogP contribution in [-0.4, -0.2) is 7.05 Å². The Morgan fingerprint density at radius 1 is 1.00 bits per heavy atom. The van der Waals surface area contributed by atoms with Gasteiger partial charge in [-0.15, -0.1) is 0 Å². The largest absolute Gasteiger partial charge is 0.316 e. The molecule has 2 rings (SSSR count). The van der Waals surface area contributed by atoms with Crippen LogP contribution in [0.25, 0.3) is 11.1 Å². The van der Waals surface area contributed by atoms with Crippen LogP contribution in [0.2, 0.25) is 0 Å². The minimum atomic E-state index is -0.199. The molecule has 2 heteroatoms. The Balaban J connectivity index is 2.32. The fraction of sp³-hybridized carbons (Fsp3) is 0.143. The van der Waals surface area contributed by atoms with Gasteiger partial charge >= 0.3 is 0 Å². The van der Waals surface area contributed by atoms with Crippen molar-refractivity contribution in [1.82, 2.24) is 5.32 Å². The fourth-order valence-electron chi connectivity index (χ4n) is 1.71. The topological polar surface area (TPSA) is 12.0 Å². The maximum Gasteiger partial charge on any atom is 0.123 e. The van der Waals surface area contributed by atoms with Crippen LogP contribution in [0.15, 0.2) is 48.5 Å². The third-order valence-electron chi connectivity index (χ3n) is 2.49. The number of benzene rings is 2. The van der Waals surface area contributed by atoms with Crippen molar-refractivity contribution < 1.29 is 4.39 Å². The van der Waals surface area contributed by atoms with Gasteiger partial charge in [0.2, 0.25) is 0 Å². The molecule has 0 spiro atoms. The summed E-state index contributed by atoms with van der Waals surface area (Å²) in [5, 5.41) is 3.11. The molecule has 0 bridgehead atoms. The van der Waals surface area contributed by atoms with Crippen LogP contribution >= 0.6 is 0 Å². The van der Waals surface area contributed by atoms with E-state index in [1.165, 1.54) is 17.7 Å². The number of rotatable bonds is 3. The van der Waals surface area contributed by atoms with Gasteiger partial charge in [0, 0.05) is 6.54 Å². The summed E-state index contributed by atoms with van der Waals surface area (Å²) in [6.07, 6.45) is 0. The van der Waals surface area contributed by atoms with E-state index in [1.54, 1.807) is 12.1 Å². The molecule has 0 amide bonds. The highest BCUT2D eigenvalue weighted by atomic mass is 19.1. The maximum absolute atomic E-state index is 12.8. The van der Waals surface area contributed by atoms with E-state index in [0.29, 0.717) is 0 Å². The molecule has 0 radical (unpaired) electrons. The van der Waals surface area contributed by atoms with Gasteiger partial charge in [-0.05, 0) is 41.9 Å². The Kier molecular flexibility index (Phi) is 3.32. The first-order valence-electron chi connectivity index (χ1n) is 5.29. The van der Waals surface area contributed by atoms with Crippen molar-refractivity contribution in [2.45, 2.75) is 6.54 Å². The molecule has 0 atom stereocenters.